The summed E-state index contributed by atoms with van der Waals surface area (Å²) in [7, 11) is 0. The number of carboxylic acids is 1. The van der Waals surface area contributed by atoms with Gasteiger partial charge in [0, 0.05) is 0 Å². The van der Waals surface area contributed by atoms with E-state index < -0.39 is 11.4 Å². The summed E-state index contributed by atoms with van der Waals surface area (Å²) in [4.78, 5) is 11.4. The highest BCUT2D eigenvalue weighted by Crippen LogP contribution is 2.49. The molecule has 0 spiro atoms. The van der Waals surface area contributed by atoms with Crippen molar-refractivity contribution in [1.82, 2.24) is 0 Å². The van der Waals surface area contributed by atoms with Gasteiger partial charge in [0.15, 0.2) is 0 Å². The normalized spacial score (nSPS) is 34.8. The number of aliphatic carboxylic acids is 1. The molecule has 1 aliphatic carbocycles. The van der Waals surface area contributed by atoms with Gasteiger partial charge in [-0.1, -0.05) is 27.7 Å². The Morgan fingerprint density at radius 2 is 2.00 bits per heavy atom. The molecule has 2 nitrogen and oxygen atoms in total. The zero-order chi connectivity index (χ0) is 10.9. The number of carbonyl (C=O) groups is 1. The first kappa shape index (κ1) is 11.5. The summed E-state index contributed by atoms with van der Waals surface area (Å²) in [6.45, 7) is 8.51. The minimum atomic E-state index is -0.581. The Hall–Kier alpha value is -0.530. The Balaban J connectivity index is 2.89. The van der Waals surface area contributed by atoms with Crippen LogP contribution >= 0.6 is 0 Å². The highest BCUT2D eigenvalue weighted by atomic mass is 16.4. The van der Waals surface area contributed by atoms with E-state index in [9.17, 15) is 9.90 Å². The molecule has 1 fully saturated rings. The summed E-state index contributed by atoms with van der Waals surface area (Å²) in [6, 6.07) is 0. The maximum atomic E-state index is 11.4. The molecule has 1 rings (SSSR count). The molecule has 2 heteroatoms. The summed E-state index contributed by atoms with van der Waals surface area (Å²) in [5, 5.41) is 9.40. The number of hydrogen-bond acceptors (Lipinski definition) is 1. The second kappa shape index (κ2) is 3.92. The van der Waals surface area contributed by atoms with Gasteiger partial charge in [0.25, 0.3) is 0 Å². The molecule has 0 amide bonds. The standard InChI is InChI=1S/C12H22O2/c1-8(2)10(4)12(11(13)14)6-5-9(3)7-12/h8-10H,5-7H2,1-4H3,(H,13,14). The fraction of sp³-hybridized carbons (Fsp3) is 0.917. The minimum absolute atomic E-state index is 0.282. The molecule has 0 saturated heterocycles. The lowest BCUT2D eigenvalue weighted by molar-refractivity contribution is -0.153. The molecule has 14 heavy (non-hydrogen) atoms. The minimum Gasteiger partial charge on any atom is -0.481 e. The highest BCUT2D eigenvalue weighted by molar-refractivity contribution is 5.75. The van der Waals surface area contributed by atoms with Crippen LogP contribution in [0.2, 0.25) is 0 Å². The average molecular weight is 198 g/mol. The van der Waals surface area contributed by atoms with Crippen LogP contribution in [0.1, 0.15) is 47.0 Å². The second-order valence-corrected chi connectivity index (χ2v) is 5.34. The van der Waals surface area contributed by atoms with Crippen LogP contribution in [-0.4, -0.2) is 11.1 Å². The molecule has 0 aromatic rings. The van der Waals surface area contributed by atoms with Gasteiger partial charge in [0.1, 0.15) is 0 Å². The van der Waals surface area contributed by atoms with Gasteiger partial charge < -0.3 is 5.11 Å². The third-order valence-electron chi connectivity index (χ3n) is 4.09. The maximum Gasteiger partial charge on any atom is 0.309 e. The Labute approximate surface area is 86.7 Å². The van der Waals surface area contributed by atoms with Crippen molar-refractivity contribution in [3.05, 3.63) is 0 Å². The van der Waals surface area contributed by atoms with Gasteiger partial charge in [-0.3, -0.25) is 4.79 Å². The first-order valence-electron chi connectivity index (χ1n) is 5.63. The molecule has 1 aliphatic rings. The lowest BCUT2D eigenvalue weighted by Gasteiger charge is -2.34. The van der Waals surface area contributed by atoms with Gasteiger partial charge in [-0.15, -0.1) is 0 Å². The zero-order valence-corrected chi connectivity index (χ0v) is 9.71. The van der Waals surface area contributed by atoms with E-state index in [1.807, 2.05) is 0 Å². The molecule has 0 aromatic heterocycles. The van der Waals surface area contributed by atoms with Gasteiger partial charge in [-0.05, 0) is 37.0 Å². The van der Waals surface area contributed by atoms with Crippen LogP contribution in [0.5, 0.6) is 0 Å². The van der Waals surface area contributed by atoms with Crippen molar-refractivity contribution in [2.75, 3.05) is 0 Å². The van der Waals surface area contributed by atoms with Crippen molar-refractivity contribution in [1.29, 1.82) is 0 Å². The fourth-order valence-corrected chi connectivity index (χ4v) is 2.77. The largest absolute Gasteiger partial charge is 0.481 e. The lowest BCUT2D eigenvalue weighted by Crippen LogP contribution is -2.37. The van der Waals surface area contributed by atoms with E-state index in [4.69, 9.17) is 0 Å². The Morgan fingerprint density at radius 3 is 2.29 bits per heavy atom. The summed E-state index contributed by atoms with van der Waals surface area (Å²) < 4.78 is 0. The second-order valence-electron chi connectivity index (χ2n) is 5.34. The molecular weight excluding hydrogens is 176 g/mol. The van der Waals surface area contributed by atoms with E-state index in [1.54, 1.807) is 0 Å². The summed E-state index contributed by atoms with van der Waals surface area (Å²) in [6.07, 6.45) is 2.80. The van der Waals surface area contributed by atoms with Gasteiger partial charge in [-0.2, -0.15) is 0 Å². The summed E-state index contributed by atoms with van der Waals surface area (Å²) >= 11 is 0. The van der Waals surface area contributed by atoms with Gasteiger partial charge >= 0.3 is 5.97 Å². The van der Waals surface area contributed by atoms with Crippen molar-refractivity contribution in [2.24, 2.45) is 23.2 Å². The number of carboxylic acid groups (broad SMARTS) is 1. The molecule has 82 valence electrons. The maximum absolute atomic E-state index is 11.4. The van der Waals surface area contributed by atoms with Gasteiger partial charge in [-0.25, -0.2) is 0 Å². The topological polar surface area (TPSA) is 37.3 Å². The zero-order valence-electron chi connectivity index (χ0n) is 9.71. The molecule has 0 bridgehead atoms. The molecule has 0 aromatic carbocycles. The first-order chi connectivity index (χ1) is 6.40. The predicted molar refractivity (Wildman–Crippen MR) is 57.1 cm³/mol. The smallest absolute Gasteiger partial charge is 0.309 e. The SMILES string of the molecule is CC1CCC(C(=O)O)(C(C)C(C)C)C1. The van der Waals surface area contributed by atoms with E-state index >= 15 is 0 Å². The Bertz CT molecular complexity index is 222. The van der Waals surface area contributed by atoms with Crippen molar-refractivity contribution in [2.45, 2.75) is 47.0 Å². The van der Waals surface area contributed by atoms with Crippen LogP contribution in [0.4, 0.5) is 0 Å². The molecule has 3 atom stereocenters. The molecule has 0 heterocycles. The molecular formula is C12H22O2. The number of hydrogen-bond donors (Lipinski definition) is 1. The molecule has 3 unspecified atom stereocenters. The third kappa shape index (κ3) is 1.79. The average Bonchev–Trinajstić information content (AvgIpc) is 2.47. The van der Waals surface area contributed by atoms with Crippen molar-refractivity contribution in [3.63, 3.8) is 0 Å². The fourth-order valence-electron chi connectivity index (χ4n) is 2.77. The van der Waals surface area contributed by atoms with Gasteiger partial charge in [0.05, 0.1) is 5.41 Å². The highest BCUT2D eigenvalue weighted by Gasteiger charge is 2.48. The molecule has 1 N–H and O–H groups in total. The quantitative estimate of drug-likeness (QED) is 0.756. The van der Waals surface area contributed by atoms with Crippen LogP contribution in [-0.2, 0) is 4.79 Å². The van der Waals surface area contributed by atoms with Crippen LogP contribution in [0, 0.1) is 23.2 Å². The Kier molecular flexibility index (Phi) is 3.23. The van der Waals surface area contributed by atoms with Crippen LogP contribution < -0.4 is 0 Å². The van der Waals surface area contributed by atoms with Crippen LogP contribution in [0.15, 0.2) is 0 Å². The van der Waals surface area contributed by atoms with E-state index in [2.05, 4.69) is 27.7 Å². The van der Waals surface area contributed by atoms with E-state index in [0.717, 1.165) is 19.3 Å². The van der Waals surface area contributed by atoms with Crippen LogP contribution in [0.3, 0.4) is 0 Å². The van der Waals surface area contributed by atoms with E-state index in [-0.39, 0.29) is 5.92 Å². The Morgan fingerprint density at radius 1 is 1.43 bits per heavy atom. The van der Waals surface area contributed by atoms with Crippen molar-refractivity contribution >= 4 is 5.97 Å². The monoisotopic (exact) mass is 198 g/mol. The molecule has 1 saturated carbocycles. The summed E-state index contributed by atoms with van der Waals surface area (Å²) in [5.41, 5.74) is -0.437. The van der Waals surface area contributed by atoms with Crippen molar-refractivity contribution < 1.29 is 9.90 Å². The van der Waals surface area contributed by atoms with E-state index in [0.29, 0.717) is 11.8 Å². The summed E-state index contributed by atoms with van der Waals surface area (Å²) in [5.74, 6) is 0.733. The first-order valence-corrected chi connectivity index (χ1v) is 5.63. The van der Waals surface area contributed by atoms with E-state index in [1.165, 1.54) is 0 Å². The molecule has 0 aliphatic heterocycles. The number of rotatable bonds is 3. The predicted octanol–water partition coefficient (Wildman–Crippen LogP) is 3.17. The third-order valence-corrected chi connectivity index (χ3v) is 4.09. The van der Waals surface area contributed by atoms with Crippen molar-refractivity contribution in [3.8, 4) is 0 Å². The molecule has 0 radical (unpaired) electrons. The van der Waals surface area contributed by atoms with Crippen LogP contribution in [0.25, 0.3) is 0 Å². The van der Waals surface area contributed by atoms with Gasteiger partial charge in [0.2, 0.25) is 0 Å². The lowest BCUT2D eigenvalue weighted by atomic mass is 9.69.